The van der Waals surface area contributed by atoms with Gasteiger partial charge in [0.2, 0.25) is 5.91 Å². The van der Waals surface area contributed by atoms with Crippen molar-refractivity contribution in [1.82, 2.24) is 5.43 Å². The van der Waals surface area contributed by atoms with Gasteiger partial charge in [0.25, 0.3) is 5.91 Å². The smallest absolute Gasteiger partial charge is 0.291 e. The number of carbonyl (C=O) groups is 2. The molecule has 0 saturated heterocycles. The Morgan fingerprint density at radius 2 is 1.94 bits per heavy atom. The molecule has 0 spiro atoms. The molecule has 3 aromatic rings. The fourth-order valence-electron chi connectivity index (χ4n) is 2.72. The molecule has 0 fully saturated rings. The van der Waals surface area contributed by atoms with Crippen molar-refractivity contribution < 1.29 is 18.7 Å². The minimum absolute atomic E-state index is 0.187. The lowest BCUT2D eigenvalue weighted by Crippen LogP contribution is -2.19. The van der Waals surface area contributed by atoms with Crippen LogP contribution in [0.25, 0.3) is 0 Å². The van der Waals surface area contributed by atoms with Crippen LogP contribution in [-0.2, 0) is 4.79 Å². The largest absolute Gasteiger partial charge is 0.492 e. The fourth-order valence-corrected chi connectivity index (χ4v) is 3.49. The molecule has 1 aromatic heterocycles. The van der Waals surface area contributed by atoms with Gasteiger partial charge in [-0.05, 0) is 77.3 Å². The van der Waals surface area contributed by atoms with E-state index in [1.165, 1.54) is 0 Å². The van der Waals surface area contributed by atoms with Crippen molar-refractivity contribution in [3.05, 3.63) is 80.6 Å². The lowest BCUT2D eigenvalue weighted by atomic mass is 10.1. The summed E-state index contributed by atoms with van der Waals surface area (Å²) in [6, 6.07) is 15.3. The molecule has 2 N–H and O–H groups in total. The first-order valence-corrected chi connectivity index (χ1v) is 11.4. The molecule has 3 rings (SSSR count). The van der Waals surface area contributed by atoms with Crippen molar-refractivity contribution >= 4 is 62.3 Å². The molecule has 0 unspecified atom stereocenters. The Hall–Kier alpha value is -2.81. The molecule has 33 heavy (non-hydrogen) atoms. The molecule has 2 aromatic carbocycles. The second kappa shape index (κ2) is 11.9. The lowest BCUT2D eigenvalue weighted by molar-refractivity contribution is -0.121. The number of nitrogens with one attached hydrogen (secondary N) is 2. The average molecular weight is 553 g/mol. The van der Waals surface area contributed by atoms with Gasteiger partial charge in [0.1, 0.15) is 5.75 Å². The first-order valence-electron chi connectivity index (χ1n) is 9.90. The number of halogens is 3. The summed E-state index contributed by atoms with van der Waals surface area (Å²) in [6.07, 6.45) is 0.723. The molecule has 172 valence electrons. The van der Waals surface area contributed by atoms with Crippen molar-refractivity contribution in [1.29, 1.82) is 0 Å². The number of ether oxygens (including phenoxy) is 1. The molecule has 7 nitrogen and oxygen atoms in total. The van der Waals surface area contributed by atoms with Gasteiger partial charge >= 0.3 is 0 Å². The van der Waals surface area contributed by atoms with Gasteiger partial charge in [-0.1, -0.05) is 35.3 Å². The van der Waals surface area contributed by atoms with Crippen molar-refractivity contribution in [3.8, 4) is 5.75 Å². The van der Waals surface area contributed by atoms with Gasteiger partial charge in [-0.3, -0.25) is 9.59 Å². The van der Waals surface area contributed by atoms with E-state index in [9.17, 15) is 9.59 Å². The Kier molecular flexibility index (Phi) is 8.94. The molecule has 0 saturated carbocycles. The summed E-state index contributed by atoms with van der Waals surface area (Å²) >= 11 is 15.1. The van der Waals surface area contributed by atoms with Crippen molar-refractivity contribution in [2.75, 3.05) is 11.9 Å². The van der Waals surface area contributed by atoms with E-state index in [0.29, 0.717) is 44.9 Å². The molecule has 0 aliphatic carbocycles. The lowest BCUT2D eigenvalue weighted by Gasteiger charge is -2.08. The van der Waals surface area contributed by atoms with Crippen LogP contribution in [-0.4, -0.2) is 24.1 Å². The highest BCUT2D eigenvalue weighted by Gasteiger charge is 2.11. The van der Waals surface area contributed by atoms with Crippen LogP contribution in [0.3, 0.4) is 0 Å². The highest BCUT2D eigenvalue weighted by Crippen LogP contribution is 2.27. The van der Waals surface area contributed by atoms with E-state index in [-0.39, 0.29) is 24.0 Å². The fraction of sp³-hybridized carbons (Fsp3) is 0.174. The standard InChI is InChI=1S/C23H20BrCl2N3O4/c1-14(15-4-2-5-17(12-15)27-23(31)20-9-10-21(24)33-20)28-29-22(30)6-3-11-32-19-8-7-16(25)13-18(19)26/h2,4-5,7-10,12-13H,3,6,11H2,1H3,(H,27,31)(H,29,30)/b28-14+. The molecule has 0 aliphatic heterocycles. The van der Waals surface area contributed by atoms with Crippen molar-refractivity contribution in [3.63, 3.8) is 0 Å². The van der Waals surface area contributed by atoms with Gasteiger partial charge in [0, 0.05) is 17.1 Å². The Balaban J connectivity index is 1.47. The molecular weight excluding hydrogens is 533 g/mol. The maximum atomic E-state index is 12.2. The molecule has 0 aliphatic rings. The number of nitrogens with zero attached hydrogens (tertiary/aromatic N) is 1. The van der Waals surface area contributed by atoms with Gasteiger partial charge < -0.3 is 14.5 Å². The predicted octanol–water partition coefficient (Wildman–Crippen LogP) is 6.30. The third-order valence-electron chi connectivity index (χ3n) is 4.38. The van der Waals surface area contributed by atoms with Gasteiger partial charge in [-0.2, -0.15) is 5.10 Å². The highest BCUT2D eigenvalue weighted by atomic mass is 79.9. The van der Waals surface area contributed by atoms with E-state index in [1.54, 1.807) is 55.5 Å². The molecule has 0 bridgehead atoms. The number of anilines is 1. The zero-order valence-electron chi connectivity index (χ0n) is 17.5. The maximum Gasteiger partial charge on any atom is 0.291 e. The van der Waals surface area contributed by atoms with E-state index in [0.717, 1.165) is 5.56 Å². The molecule has 0 radical (unpaired) electrons. The van der Waals surface area contributed by atoms with Crippen molar-refractivity contribution in [2.24, 2.45) is 5.10 Å². The SMILES string of the molecule is C/C(=N\NC(=O)CCCOc1ccc(Cl)cc1Cl)c1cccc(NC(=O)c2ccc(Br)o2)c1. The second-order valence-corrected chi connectivity index (χ2v) is 8.52. The molecule has 2 amide bonds. The summed E-state index contributed by atoms with van der Waals surface area (Å²) in [7, 11) is 0. The summed E-state index contributed by atoms with van der Waals surface area (Å²) < 4.78 is 11.3. The zero-order chi connectivity index (χ0) is 23.8. The first-order chi connectivity index (χ1) is 15.8. The average Bonchev–Trinajstić information content (AvgIpc) is 3.23. The number of carbonyl (C=O) groups excluding carboxylic acids is 2. The summed E-state index contributed by atoms with van der Waals surface area (Å²) in [5, 5.41) is 7.85. The third kappa shape index (κ3) is 7.63. The predicted molar refractivity (Wildman–Crippen MR) is 132 cm³/mol. The van der Waals surface area contributed by atoms with Crippen LogP contribution < -0.4 is 15.5 Å². The van der Waals surface area contributed by atoms with Crippen LogP contribution in [0.2, 0.25) is 10.0 Å². The number of rotatable bonds is 9. The van der Waals surface area contributed by atoms with Crippen LogP contribution in [0.5, 0.6) is 5.75 Å². The van der Waals surface area contributed by atoms with Gasteiger partial charge in [-0.15, -0.1) is 0 Å². The highest BCUT2D eigenvalue weighted by molar-refractivity contribution is 9.10. The van der Waals surface area contributed by atoms with Gasteiger partial charge in [0.15, 0.2) is 10.4 Å². The van der Waals surface area contributed by atoms with E-state index >= 15 is 0 Å². The number of furan rings is 1. The number of hydrogen-bond donors (Lipinski definition) is 2. The van der Waals surface area contributed by atoms with Gasteiger partial charge in [0.05, 0.1) is 17.3 Å². The summed E-state index contributed by atoms with van der Waals surface area (Å²) in [6.45, 7) is 2.09. The number of hydrogen-bond acceptors (Lipinski definition) is 5. The first kappa shape index (κ1) is 24.8. The Bertz CT molecular complexity index is 1180. The minimum Gasteiger partial charge on any atom is -0.492 e. The minimum atomic E-state index is -0.372. The number of amides is 2. The molecule has 10 heteroatoms. The van der Waals surface area contributed by atoms with E-state index in [4.69, 9.17) is 32.4 Å². The Morgan fingerprint density at radius 3 is 2.67 bits per heavy atom. The Morgan fingerprint density at radius 1 is 1.12 bits per heavy atom. The zero-order valence-corrected chi connectivity index (χ0v) is 20.6. The maximum absolute atomic E-state index is 12.2. The van der Waals surface area contributed by atoms with Crippen LogP contribution in [0.1, 0.15) is 35.9 Å². The molecule has 1 heterocycles. The van der Waals surface area contributed by atoms with Crippen molar-refractivity contribution in [2.45, 2.75) is 19.8 Å². The molecule has 0 atom stereocenters. The summed E-state index contributed by atoms with van der Waals surface area (Å²) in [5.74, 6) is 0.0881. The quantitative estimate of drug-likeness (QED) is 0.185. The van der Waals surface area contributed by atoms with Crippen LogP contribution in [0.4, 0.5) is 5.69 Å². The van der Waals surface area contributed by atoms with Crippen LogP contribution >= 0.6 is 39.1 Å². The number of benzene rings is 2. The third-order valence-corrected chi connectivity index (χ3v) is 5.34. The summed E-state index contributed by atoms with van der Waals surface area (Å²) in [4.78, 5) is 24.3. The van der Waals surface area contributed by atoms with Crippen LogP contribution in [0, 0.1) is 0 Å². The second-order valence-electron chi connectivity index (χ2n) is 6.90. The van der Waals surface area contributed by atoms with E-state index in [1.807, 2.05) is 6.07 Å². The topological polar surface area (TPSA) is 92.9 Å². The molecular formula is C23H20BrCl2N3O4. The monoisotopic (exact) mass is 551 g/mol. The van der Waals surface area contributed by atoms with Crippen LogP contribution in [0.15, 0.2) is 68.8 Å². The van der Waals surface area contributed by atoms with Gasteiger partial charge in [-0.25, -0.2) is 5.43 Å². The normalized spacial score (nSPS) is 11.2. The number of hydrazone groups is 1. The van der Waals surface area contributed by atoms with E-state index < -0.39 is 0 Å². The van der Waals surface area contributed by atoms with E-state index in [2.05, 4.69) is 31.8 Å². The summed E-state index contributed by atoms with van der Waals surface area (Å²) in [5.41, 5.74) is 4.43. The Labute approximate surface area is 209 Å².